The number of anilines is 1. The van der Waals surface area contributed by atoms with Crippen molar-refractivity contribution in [2.24, 2.45) is 5.16 Å². The molecule has 0 atom stereocenters. The molecule has 0 aliphatic heterocycles. The predicted octanol–water partition coefficient (Wildman–Crippen LogP) is 4.99. The van der Waals surface area contributed by atoms with Crippen LogP contribution in [-0.2, 0) is 11.4 Å². The van der Waals surface area contributed by atoms with Gasteiger partial charge in [0.15, 0.2) is 0 Å². The molecule has 0 aromatic heterocycles. The maximum absolute atomic E-state index is 12.8. The molecule has 0 heterocycles. The van der Waals surface area contributed by atoms with Crippen molar-refractivity contribution < 1.29 is 18.8 Å². The van der Waals surface area contributed by atoms with Crippen LogP contribution >= 0.6 is 0 Å². The summed E-state index contributed by atoms with van der Waals surface area (Å²) in [7, 11) is 0. The number of rotatable bonds is 6. The molecule has 0 unspecified atom stereocenters. The van der Waals surface area contributed by atoms with Crippen molar-refractivity contribution in [1.29, 1.82) is 0 Å². The van der Waals surface area contributed by atoms with Gasteiger partial charge in [-0.15, -0.1) is 0 Å². The molecule has 0 aliphatic carbocycles. The first-order valence-electron chi connectivity index (χ1n) is 8.23. The monoisotopic (exact) mass is 364 g/mol. The summed E-state index contributed by atoms with van der Waals surface area (Å²) in [4.78, 5) is 16.4. The van der Waals surface area contributed by atoms with E-state index in [0.29, 0.717) is 23.6 Å². The van der Waals surface area contributed by atoms with Gasteiger partial charge in [-0.05, 0) is 47.5 Å². The number of hydrogen-bond donors (Lipinski definition) is 1. The highest BCUT2D eigenvalue weighted by molar-refractivity contribution is 5.85. The van der Waals surface area contributed by atoms with Crippen LogP contribution in [0.25, 0.3) is 0 Å². The highest BCUT2D eigenvalue weighted by atomic mass is 19.1. The van der Waals surface area contributed by atoms with Gasteiger partial charge < -0.3 is 4.74 Å². The molecule has 6 heteroatoms. The first kappa shape index (κ1) is 18.1. The van der Waals surface area contributed by atoms with Gasteiger partial charge in [0.25, 0.3) is 0 Å². The summed E-state index contributed by atoms with van der Waals surface area (Å²) in [5.74, 6) is 0.342. The molecule has 0 saturated carbocycles. The second-order valence-electron chi connectivity index (χ2n) is 5.59. The zero-order valence-electron chi connectivity index (χ0n) is 14.3. The van der Waals surface area contributed by atoms with Crippen molar-refractivity contribution in [3.63, 3.8) is 0 Å². The number of benzene rings is 3. The number of halogens is 1. The van der Waals surface area contributed by atoms with Crippen molar-refractivity contribution in [3.8, 4) is 5.75 Å². The zero-order chi connectivity index (χ0) is 18.9. The van der Waals surface area contributed by atoms with Crippen molar-refractivity contribution in [3.05, 3.63) is 95.8 Å². The van der Waals surface area contributed by atoms with Crippen molar-refractivity contribution in [2.45, 2.75) is 6.61 Å². The lowest BCUT2D eigenvalue weighted by Gasteiger charge is -2.07. The minimum atomic E-state index is -0.730. The lowest BCUT2D eigenvalue weighted by molar-refractivity contribution is 0.167. The Kier molecular flexibility index (Phi) is 6.14. The van der Waals surface area contributed by atoms with Gasteiger partial charge in [-0.3, -0.25) is 10.2 Å². The fourth-order valence-electron chi connectivity index (χ4n) is 2.20. The van der Waals surface area contributed by atoms with Crippen LogP contribution < -0.4 is 10.1 Å². The molecule has 0 aliphatic rings. The number of hydrogen-bond acceptors (Lipinski definition) is 4. The summed E-state index contributed by atoms with van der Waals surface area (Å²) in [5.41, 5.74) is 2.23. The number of nitrogens with one attached hydrogen (secondary N) is 1. The molecule has 3 aromatic rings. The van der Waals surface area contributed by atoms with E-state index >= 15 is 0 Å². The van der Waals surface area contributed by atoms with E-state index in [1.165, 1.54) is 30.5 Å². The summed E-state index contributed by atoms with van der Waals surface area (Å²) in [6.07, 6.45) is 0.589. The number of oxime groups is 1. The standard InChI is InChI=1S/C21H17FN2O3/c22-18-8-6-16(7-9-18)14-23-27-21(25)24-19-10-12-20(13-11-19)26-15-17-4-2-1-3-5-17/h1-14H,15H2,(H,24,25). The molecule has 1 N–H and O–H groups in total. The largest absolute Gasteiger partial charge is 0.489 e. The molecular weight excluding hydrogens is 347 g/mol. The fraction of sp³-hybridized carbons (Fsp3) is 0.0476. The second-order valence-corrected chi connectivity index (χ2v) is 5.59. The number of amides is 1. The molecule has 5 nitrogen and oxygen atoms in total. The first-order valence-corrected chi connectivity index (χ1v) is 8.23. The molecule has 1 amide bonds. The Morgan fingerprint density at radius 1 is 0.963 bits per heavy atom. The topological polar surface area (TPSA) is 59.9 Å². The third-order valence-corrected chi connectivity index (χ3v) is 3.56. The van der Waals surface area contributed by atoms with Crippen LogP contribution in [0, 0.1) is 5.82 Å². The minimum absolute atomic E-state index is 0.345. The van der Waals surface area contributed by atoms with Gasteiger partial charge in [0, 0.05) is 5.69 Å². The minimum Gasteiger partial charge on any atom is -0.489 e. The van der Waals surface area contributed by atoms with Crippen LogP contribution in [0.3, 0.4) is 0 Å². The van der Waals surface area contributed by atoms with E-state index in [1.807, 2.05) is 30.3 Å². The molecule has 3 rings (SSSR count). The van der Waals surface area contributed by atoms with E-state index in [1.54, 1.807) is 24.3 Å². The summed E-state index contributed by atoms with van der Waals surface area (Å²) in [6.45, 7) is 0.466. The fourth-order valence-corrected chi connectivity index (χ4v) is 2.20. The number of carbonyl (C=O) groups excluding carboxylic acids is 1. The van der Waals surface area contributed by atoms with E-state index in [0.717, 1.165) is 5.56 Å². The van der Waals surface area contributed by atoms with E-state index in [4.69, 9.17) is 9.57 Å². The molecule has 136 valence electrons. The Hall–Kier alpha value is -3.67. The Morgan fingerprint density at radius 3 is 2.37 bits per heavy atom. The SMILES string of the molecule is O=C(Nc1ccc(OCc2ccccc2)cc1)ON=Cc1ccc(F)cc1. The maximum Gasteiger partial charge on any atom is 0.437 e. The average molecular weight is 364 g/mol. The molecule has 0 bridgehead atoms. The van der Waals surface area contributed by atoms with Gasteiger partial charge in [-0.25, -0.2) is 9.18 Å². The maximum atomic E-state index is 12.8. The lowest BCUT2D eigenvalue weighted by atomic mass is 10.2. The van der Waals surface area contributed by atoms with Crippen LogP contribution in [0.5, 0.6) is 5.75 Å². The summed E-state index contributed by atoms with van der Waals surface area (Å²) in [6, 6.07) is 22.4. The first-order chi connectivity index (χ1) is 13.2. The van der Waals surface area contributed by atoms with Gasteiger partial charge in [-0.1, -0.05) is 47.6 Å². The van der Waals surface area contributed by atoms with E-state index in [-0.39, 0.29) is 5.82 Å². The lowest BCUT2D eigenvalue weighted by Crippen LogP contribution is -2.10. The molecule has 0 radical (unpaired) electrons. The van der Waals surface area contributed by atoms with Crippen LogP contribution in [0.2, 0.25) is 0 Å². The predicted molar refractivity (Wildman–Crippen MR) is 101 cm³/mol. The van der Waals surface area contributed by atoms with E-state index < -0.39 is 6.09 Å². The van der Waals surface area contributed by atoms with Crippen LogP contribution in [0.4, 0.5) is 14.9 Å². The average Bonchev–Trinajstić information content (AvgIpc) is 2.70. The van der Waals surface area contributed by atoms with Crippen molar-refractivity contribution in [1.82, 2.24) is 0 Å². The Labute approximate surface area is 156 Å². The smallest absolute Gasteiger partial charge is 0.437 e. The molecular formula is C21H17FN2O3. The van der Waals surface area contributed by atoms with Crippen molar-refractivity contribution in [2.75, 3.05) is 5.32 Å². The zero-order valence-corrected chi connectivity index (χ0v) is 14.3. The second kappa shape index (κ2) is 9.15. The molecule has 3 aromatic carbocycles. The normalized spacial score (nSPS) is 10.6. The van der Waals surface area contributed by atoms with Gasteiger partial charge in [-0.2, -0.15) is 0 Å². The quantitative estimate of drug-likeness (QED) is 0.381. The van der Waals surface area contributed by atoms with Gasteiger partial charge in [0.05, 0.1) is 6.21 Å². The molecule has 0 saturated heterocycles. The van der Waals surface area contributed by atoms with Crippen LogP contribution in [-0.4, -0.2) is 12.3 Å². The van der Waals surface area contributed by atoms with Gasteiger partial charge in [0.2, 0.25) is 0 Å². The third-order valence-electron chi connectivity index (χ3n) is 3.56. The highest BCUT2D eigenvalue weighted by Crippen LogP contribution is 2.17. The highest BCUT2D eigenvalue weighted by Gasteiger charge is 2.03. The van der Waals surface area contributed by atoms with E-state index in [9.17, 15) is 9.18 Å². The summed E-state index contributed by atoms with van der Waals surface area (Å²) in [5, 5.41) is 6.11. The van der Waals surface area contributed by atoms with Gasteiger partial charge in [0.1, 0.15) is 18.2 Å². The van der Waals surface area contributed by atoms with Crippen LogP contribution in [0.1, 0.15) is 11.1 Å². The van der Waals surface area contributed by atoms with Gasteiger partial charge >= 0.3 is 6.09 Å². The Balaban J connectivity index is 1.46. The number of ether oxygens (including phenoxy) is 1. The van der Waals surface area contributed by atoms with Crippen LogP contribution in [0.15, 0.2) is 84.0 Å². The molecule has 0 fully saturated rings. The third kappa shape index (κ3) is 5.97. The summed E-state index contributed by atoms with van der Waals surface area (Å²) < 4.78 is 18.5. The number of carbonyl (C=O) groups is 1. The Bertz CT molecular complexity index is 895. The molecule has 0 spiro atoms. The van der Waals surface area contributed by atoms with Crippen molar-refractivity contribution >= 4 is 18.0 Å². The summed E-state index contributed by atoms with van der Waals surface area (Å²) >= 11 is 0. The molecule has 27 heavy (non-hydrogen) atoms. The van der Waals surface area contributed by atoms with E-state index in [2.05, 4.69) is 10.5 Å². The Morgan fingerprint density at radius 2 is 1.67 bits per heavy atom. The number of nitrogens with zero attached hydrogens (tertiary/aromatic N) is 1.